The van der Waals surface area contributed by atoms with Crippen molar-refractivity contribution >= 4 is 27.5 Å². The van der Waals surface area contributed by atoms with Gasteiger partial charge >= 0.3 is 0 Å². The van der Waals surface area contributed by atoms with Crippen molar-refractivity contribution in [1.29, 1.82) is 0 Å². The minimum Gasteiger partial charge on any atom is -0.289 e. The van der Waals surface area contributed by atoms with E-state index in [2.05, 4.69) is 41.9 Å². The second-order valence-electron chi connectivity index (χ2n) is 7.46. The Morgan fingerprint density at radius 3 is 2.12 bits per heavy atom. The van der Waals surface area contributed by atoms with E-state index in [1.807, 2.05) is 24.3 Å². The molecule has 0 unspecified atom stereocenters. The van der Waals surface area contributed by atoms with Crippen LogP contribution in [-0.2, 0) is 5.41 Å². The van der Waals surface area contributed by atoms with E-state index in [0.29, 0.717) is 22.3 Å². The second-order valence-corrected chi connectivity index (χ2v) is 8.38. The van der Waals surface area contributed by atoms with E-state index in [0.717, 1.165) is 21.2 Å². The average Bonchev–Trinajstić information content (AvgIpc) is 2.86. The molecular weight excluding hydrogens is 388 g/mol. The summed E-state index contributed by atoms with van der Waals surface area (Å²) in [5.74, 6) is -0.155. The number of benzene rings is 3. The van der Waals surface area contributed by atoms with Crippen molar-refractivity contribution in [1.82, 2.24) is 0 Å². The van der Waals surface area contributed by atoms with Gasteiger partial charge in [0.25, 0.3) is 0 Å². The Labute approximate surface area is 160 Å². The largest absolute Gasteiger partial charge is 0.289 e. The maximum atomic E-state index is 13.1. The zero-order valence-corrected chi connectivity index (χ0v) is 16.0. The van der Waals surface area contributed by atoms with Crippen LogP contribution in [0.2, 0.25) is 0 Å². The van der Waals surface area contributed by atoms with Crippen molar-refractivity contribution in [2.24, 2.45) is 0 Å². The lowest BCUT2D eigenvalue weighted by Crippen LogP contribution is -2.23. The minimum atomic E-state index is -0.193. The van der Waals surface area contributed by atoms with Crippen molar-refractivity contribution in [3.8, 4) is 11.1 Å². The molecule has 0 fully saturated rings. The van der Waals surface area contributed by atoms with Crippen LogP contribution in [0.4, 0.5) is 0 Å². The zero-order chi connectivity index (χ0) is 18.2. The van der Waals surface area contributed by atoms with E-state index in [9.17, 15) is 9.59 Å². The van der Waals surface area contributed by atoms with Crippen LogP contribution in [0.5, 0.6) is 0 Å². The van der Waals surface area contributed by atoms with Gasteiger partial charge in [0.1, 0.15) is 0 Å². The van der Waals surface area contributed by atoms with E-state index < -0.39 is 0 Å². The van der Waals surface area contributed by atoms with Gasteiger partial charge in [-0.15, -0.1) is 0 Å². The van der Waals surface area contributed by atoms with Crippen molar-refractivity contribution < 1.29 is 9.59 Å². The lowest BCUT2D eigenvalue weighted by atomic mass is 9.78. The number of fused-ring (bicyclic) bond motifs is 5. The van der Waals surface area contributed by atoms with Crippen LogP contribution in [0.1, 0.15) is 56.8 Å². The molecule has 0 aromatic heterocycles. The van der Waals surface area contributed by atoms with Crippen molar-refractivity contribution in [3.05, 3.63) is 92.5 Å². The number of carbonyl (C=O) groups excluding carboxylic acids is 2. The molecule has 3 aromatic rings. The molecule has 26 heavy (non-hydrogen) atoms. The summed E-state index contributed by atoms with van der Waals surface area (Å²) in [7, 11) is 0. The molecule has 0 bridgehead atoms. The first-order valence-electron chi connectivity index (χ1n) is 8.57. The van der Waals surface area contributed by atoms with Crippen LogP contribution in [0, 0.1) is 0 Å². The fourth-order valence-electron chi connectivity index (χ4n) is 4.32. The molecular formula is C23H15BrO2. The quantitative estimate of drug-likeness (QED) is 0.387. The SMILES string of the molecule is CC1(C)c2ccccc2-c2cc3c(cc21)C(=O)c1cc(Br)ccc1C3=O. The Kier molecular flexibility index (Phi) is 3.03. The van der Waals surface area contributed by atoms with Gasteiger partial charge in [-0.2, -0.15) is 0 Å². The van der Waals surface area contributed by atoms with Crippen LogP contribution in [0.15, 0.2) is 59.1 Å². The Morgan fingerprint density at radius 1 is 0.654 bits per heavy atom. The van der Waals surface area contributed by atoms with Gasteiger partial charge in [-0.05, 0) is 52.6 Å². The van der Waals surface area contributed by atoms with E-state index in [-0.39, 0.29) is 17.0 Å². The predicted molar refractivity (Wildman–Crippen MR) is 105 cm³/mol. The highest BCUT2D eigenvalue weighted by Crippen LogP contribution is 2.50. The maximum absolute atomic E-state index is 13.1. The molecule has 0 spiro atoms. The first-order valence-corrected chi connectivity index (χ1v) is 9.36. The summed E-state index contributed by atoms with van der Waals surface area (Å²) in [5, 5.41) is 0. The zero-order valence-electron chi connectivity index (χ0n) is 14.4. The van der Waals surface area contributed by atoms with Gasteiger partial charge in [0.15, 0.2) is 11.6 Å². The number of carbonyl (C=O) groups is 2. The van der Waals surface area contributed by atoms with E-state index in [1.165, 1.54) is 5.56 Å². The Morgan fingerprint density at radius 2 is 1.31 bits per heavy atom. The molecule has 0 radical (unpaired) electrons. The average molecular weight is 403 g/mol. The van der Waals surface area contributed by atoms with Crippen molar-refractivity contribution in [2.75, 3.05) is 0 Å². The Hall–Kier alpha value is -2.52. The summed E-state index contributed by atoms with van der Waals surface area (Å²) < 4.78 is 0.801. The molecule has 5 rings (SSSR count). The highest BCUT2D eigenvalue weighted by molar-refractivity contribution is 9.10. The maximum Gasteiger partial charge on any atom is 0.194 e. The van der Waals surface area contributed by atoms with E-state index in [4.69, 9.17) is 0 Å². The molecule has 3 heteroatoms. The number of halogens is 1. The third kappa shape index (κ3) is 1.87. The highest BCUT2D eigenvalue weighted by Gasteiger charge is 2.39. The molecule has 0 atom stereocenters. The summed E-state index contributed by atoms with van der Waals surface area (Å²) in [6, 6.07) is 17.4. The molecule has 0 heterocycles. The number of hydrogen-bond acceptors (Lipinski definition) is 2. The molecule has 0 N–H and O–H groups in total. The van der Waals surface area contributed by atoms with Gasteiger partial charge in [0.2, 0.25) is 0 Å². The van der Waals surface area contributed by atoms with Gasteiger partial charge in [-0.3, -0.25) is 9.59 Å². The van der Waals surface area contributed by atoms with Crippen LogP contribution in [-0.4, -0.2) is 11.6 Å². The summed E-state index contributed by atoms with van der Waals surface area (Å²) in [5.41, 5.74) is 6.34. The van der Waals surface area contributed by atoms with Gasteiger partial charge in [0.05, 0.1) is 0 Å². The fraction of sp³-hybridized carbons (Fsp3) is 0.130. The lowest BCUT2D eigenvalue weighted by Gasteiger charge is -2.24. The molecule has 2 aliphatic rings. The first-order chi connectivity index (χ1) is 12.4. The third-order valence-corrected chi connectivity index (χ3v) is 6.17. The highest BCUT2D eigenvalue weighted by atomic mass is 79.9. The minimum absolute atomic E-state index is 0.0768. The molecule has 0 amide bonds. The monoisotopic (exact) mass is 402 g/mol. The fourth-order valence-corrected chi connectivity index (χ4v) is 4.68. The van der Waals surface area contributed by atoms with Crippen LogP contribution in [0.3, 0.4) is 0 Å². The Bertz CT molecular complexity index is 1150. The lowest BCUT2D eigenvalue weighted by molar-refractivity contribution is 0.0979. The van der Waals surface area contributed by atoms with Crippen molar-refractivity contribution in [2.45, 2.75) is 19.3 Å². The van der Waals surface area contributed by atoms with E-state index in [1.54, 1.807) is 18.2 Å². The first kappa shape index (κ1) is 15.7. The summed E-state index contributed by atoms with van der Waals surface area (Å²) in [4.78, 5) is 26.2. The normalized spacial score (nSPS) is 16.0. The molecule has 0 saturated heterocycles. The predicted octanol–water partition coefficient (Wildman–Crippen LogP) is 5.53. The van der Waals surface area contributed by atoms with Gasteiger partial charge < -0.3 is 0 Å². The van der Waals surface area contributed by atoms with Gasteiger partial charge in [0, 0.05) is 32.1 Å². The summed E-state index contributed by atoms with van der Waals surface area (Å²) in [6.07, 6.45) is 0. The second kappa shape index (κ2) is 5.01. The van der Waals surface area contributed by atoms with Gasteiger partial charge in [-0.1, -0.05) is 54.0 Å². The molecule has 2 nitrogen and oxygen atoms in total. The van der Waals surface area contributed by atoms with Crippen LogP contribution in [0.25, 0.3) is 11.1 Å². The van der Waals surface area contributed by atoms with E-state index >= 15 is 0 Å². The van der Waals surface area contributed by atoms with Crippen LogP contribution >= 0.6 is 15.9 Å². The molecule has 2 aliphatic carbocycles. The molecule has 126 valence electrons. The number of ketones is 2. The topological polar surface area (TPSA) is 34.1 Å². The smallest absolute Gasteiger partial charge is 0.194 e. The third-order valence-electron chi connectivity index (χ3n) is 5.68. The molecule has 3 aromatic carbocycles. The van der Waals surface area contributed by atoms with Gasteiger partial charge in [-0.25, -0.2) is 0 Å². The summed E-state index contributed by atoms with van der Waals surface area (Å²) in [6.45, 7) is 4.34. The standard InChI is InChI=1S/C23H15BrO2/c1-23(2)19-6-4-3-5-13(19)15-10-17-18(11-20(15)23)22(26)16-9-12(24)7-8-14(16)21(17)25/h3-11H,1-2H3. The number of rotatable bonds is 0. The van der Waals surface area contributed by atoms with Crippen LogP contribution < -0.4 is 0 Å². The van der Waals surface area contributed by atoms with Crippen molar-refractivity contribution in [3.63, 3.8) is 0 Å². The number of hydrogen-bond donors (Lipinski definition) is 0. The summed E-state index contributed by atoms with van der Waals surface area (Å²) >= 11 is 3.40. The molecule has 0 aliphatic heterocycles. The molecule has 0 saturated carbocycles. The Balaban J connectivity index is 1.82.